The van der Waals surface area contributed by atoms with Gasteiger partial charge in [0.25, 0.3) is 0 Å². The highest BCUT2D eigenvalue weighted by molar-refractivity contribution is 6.30. The molecule has 2 atom stereocenters. The number of hydrogen-bond donors (Lipinski definition) is 1. The lowest BCUT2D eigenvalue weighted by atomic mass is 9.81. The van der Waals surface area contributed by atoms with Gasteiger partial charge in [-0.05, 0) is 86.2 Å². The highest BCUT2D eigenvalue weighted by Gasteiger charge is 2.33. The summed E-state index contributed by atoms with van der Waals surface area (Å²) in [7, 11) is 3.26. The van der Waals surface area contributed by atoms with E-state index in [9.17, 15) is 9.90 Å². The van der Waals surface area contributed by atoms with Gasteiger partial charge in [0, 0.05) is 23.2 Å². The number of fused-ring (bicyclic) bond motifs is 1. The monoisotopic (exact) mass is 506 g/mol. The third-order valence-electron chi connectivity index (χ3n) is 6.90. The largest absolute Gasteiger partial charge is 0.497 e. The summed E-state index contributed by atoms with van der Waals surface area (Å²) < 4.78 is 10.7. The second-order valence-corrected chi connectivity index (χ2v) is 9.56. The number of carbonyl (C=O) groups is 1. The van der Waals surface area contributed by atoms with Gasteiger partial charge in [-0.25, -0.2) is 0 Å². The molecule has 188 valence electrons. The number of aliphatic carboxylic acids is 1. The molecule has 0 amide bonds. The Morgan fingerprint density at radius 3 is 2.83 bits per heavy atom. The third kappa shape index (κ3) is 6.29. The van der Waals surface area contributed by atoms with Crippen LogP contribution in [0.5, 0.6) is 11.5 Å². The molecule has 0 unspecified atom stereocenters. The van der Waals surface area contributed by atoms with E-state index in [2.05, 4.69) is 21.7 Å². The minimum atomic E-state index is -0.728. The molecule has 1 aliphatic rings. The van der Waals surface area contributed by atoms with Crippen molar-refractivity contribution in [2.45, 2.75) is 25.7 Å². The average Bonchev–Trinajstić information content (AvgIpc) is 2.89. The zero-order chi connectivity index (χ0) is 25.5. The van der Waals surface area contributed by atoms with E-state index < -0.39 is 11.9 Å². The first-order valence-corrected chi connectivity index (χ1v) is 12.6. The van der Waals surface area contributed by atoms with E-state index >= 15 is 0 Å². The van der Waals surface area contributed by atoms with Gasteiger partial charge in [-0.15, -0.1) is 0 Å². The van der Waals surface area contributed by atoms with Gasteiger partial charge >= 0.3 is 5.97 Å². The Bertz CT molecular complexity index is 1280. The van der Waals surface area contributed by atoms with Crippen molar-refractivity contribution < 1.29 is 19.4 Å². The normalized spacial score (nSPS) is 17.9. The summed E-state index contributed by atoms with van der Waals surface area (Å²) in [4.78, 5) is 18.7. The summed E-state index contributed by atoms with van der Waals surface area (Å²) in [6.07, 6.45) is 5.38. The van der Waals surface area contributed by atoms with Gasteiger partial charge < -0.3 is 14.6 Å². The molecule has 0 aliphatic carbocycles. The standard InChI is InChI=1S/C29H31ClN2O4/c1-35-24-9-10-27-25(18-24)20(12-14-31-27)5-3-6-21-13-16-32(19-26(21)29(33)34)15-4-7-22-17-23(30)8-11-28(22)36-2/h8-12,14,17-18,21,26H,3,5-6,13,15-16,19H2,1-2H3,(H,33,34)/t21-,26+/m1/s1. The number of carboxylic acid groups (broad SMARTS) is 1. The SMILES string of the molecule is COc1ccc2nccc(CCC[C@@H]3CCN(CC#Cc4cc(Cl)ccc4OC)C[C@@H]3C(=O)O)c2c1. The number of pyridine rings is 1. The molecule has 4 rings (SSSR count). The molecule has 0 radical (unpaired) electrons. The first kappa shape index (κ1) is 25.8. The lowest BCUT2D eigenvalue weighted by Crippen LogP contribution is -2.44. The van der Waals surface area contributed by atoms with Gasteiger partial charge in [0.15, 0.2) is 0 Å². The summed E-state index contributed by atoms with van der Waals surface area (Å²) in [5, 5.41) is 11.6. The Labute approximate surface area is 217 Å². The zero-order valence-electron chi connectivity index (χ0n) is 20.7. The van der Waals surface area contributed by atoms with E-state index in [-0.39, 0.29) is 5.92 Å². The van der Waals surface area contributed by atoms with Crippen LogP contribution < -0.4 is 9.47 Å². The van der Waals surface area contributed by atoms with E-state index in [1.165, 1.54) is 5.56 Å². The summed E-state index contributed by atoms with van der Waals surface area (Å²) in [5.74, 6) is 6.81. The van der Waals surface area contributed by atoms with E-state index in [1.807, 2.05) is 30.5 Å². The molecule has 2 heterocycles. The fourth-order valence-corrected chi connectivity index (χ4v) is 5.12. The highest BCUT2D eigenvalue weighted by atomic mass is 35.5. The van der Waals surface area contributed by atoms with Crippen molar-refractivity contribution in [3.05, 3.63) is 64.8 Å². The van der Waals surface area contributed by atoms with Crippen LogP contribution in [0.1, 0.15) is 30.4 Å². The first-order valence-electron chi connectivity index (χ1n) is 12.2. The predicted molar refractivity (Wildman–Crippen MR) is 142 cm³/mol. The van der Waals surface area contributed by atoms with E-state index in [1.54, 1.807) is 32.4 Å². The van der Waals surface area contributed by atoms with Gasteiger partial charge in [-0.2, -0.15) is 0 Å². The van der Waals surface area contributed by atoms with Gasteiger partial charge in [0.05, 0.1) is 37.8 Å². The second kappa shape index (κ2) is 12.1. The van der Waals surface area contributed by atoms with Crippen LogP contribution >= 0.6 is 11.6 Å². The van der Waals surface area contributed by atoms with Crippen molar-refractivity contribution in [1.29, 1.82) is 0 Å². The molecule has 6 nitrogen and oxygen atoms in total. The molecule has 36 heavy (non-hydrogen) atoms. The summed E-state index contributed by atoms with van der Waals surface area (Å²) in [6.45, 7) is 1.86. The van der Waals surface area contributed by atoms with Crippen LogP contribution in [-0.2, 0) is 11.2 Å². The van der Waals surface area contributed by atoms with Gasteiger partial charge in [-0.3, -0.25) is 14.7 Å². The quantitative estimate of drug-likeness (QED) is 0.418. The number of halogens is 1. The van der Waals surface area contributed by atoms with Gasteiger partial charge in [-0.1, -0.05) is 23.4 Å². The first-order chi connectivity index (χ1) is 17.5. The number of rotatable bonds is 8. The van der Waals surface area contributed by atoms with Crippen LogP contribution in [0.25, 0.3) is 10.9 Å². The molecule has 1 aromatic heterocycles. The number of likely N-dealkylation sites (tertiary alicyclic amines) is 1. The summed E-state index contributed by atoms with van der Waals surface area (Å²) in [6, 6.07) is 13.3. The molecule has 1 aliphatic heterocycles. The number of piperidine rings is 1. The molecule has 1 saturated heterocycles. The summed E-state index contributed by atoms with van der Waals surface area (Å²) >= 11 is 6.09. The number of aryl methyl sites for hydroxylation is 1. The maximum atomic E-state index is 12.1. The fraction of sp³-hybridized carbons (Fsp3) is 0.379. The Balaban J connectivity index is 1.35. The van der Waals surface area contributed by atoms with Crippen LogP contribution in [0.4, 0.5) is 0 Å². The Morgan fingerprint density at radius 1 is 1.19 bits per heavy atom. The van der Waals surface area contributed by atoms with Crippen molar-refractivity contribution >= 4 is 28.5 Å². The highest BCUT2D eigenvalue weighted by Crippen LogP contribution is 2.30. The number of carboxylic acids is 1. The Morgan fingerprint density at radius 2 is 2.06 bits per heavy atom. The maximum absolute atomic E-state index is 12.1. The summed E-state index contributed by atoms with van der Waals surface area (Å²) in [5.41, 5.74) is 2.90. The van der Waals surface area contributed by atoms with Crippen LogP contribution in [0.2, 0.25) is 5.02 Å². The number of nitrogens with zero attached hydrogens (tertiary/aromatic N) is 2. The second-order valence-electron chi connectivity index (χ2n) is 9.12. The van der Waals surface area contributed by atoms with Crippen molar-refractivity contribution in [2.24, 2.45) is 11.8 Å². The van der Waals surface area contributed by atoms with Crippen molar-refractivity contribution in [1.82, 2.24) is 9.88 Å². The van der Waals surface area contributed by atoms with E-state index in [0.717, 1.165) is 54.4 Å². The minimum Gasteiger partial charge on any atom is -0.497 e. The average molecular weight is 507 g/mol. The predicted octanol–water partition coefficient (Wildman–Crippen LogP) is 5.30. The third-order valence-corrected chi connectivity index (χ3v) is 7.14. The van der Waals surface area contributed by atoms with Crippen LogP contribution in [-0.4, -0.2) is 54.8 Å². The molecule has 0 spiro atoms. The number of aromatic nitrogens is 1. The number of benzene rings is 2. The topological polar surface area (TPSA) is 71.9 Å². The number of methoxy groups -OCH3 is 2. The van der Waals surface area contributed by atoms with E-state index in [0.29, 0.717) is 23.9 Å². The van der Waals surface area contributed by atoms with Crippen LogP contribution in [0.3, 0.4) is 0 Å². The Hall–Kier alpha value is -3.27. The molecule has 3 aromatic rings. The van der Waals surface area contributed by atoms with Gasteiger partial charge in [0.1, 0.15) is 11.5 Å². The molecule has 0 bridgehead atoms. The lowest BCUT2D eigenvalue weighted by molar-refractivity contribution is -0.146. The minimum absolute atomic E-state index is 0.155. The fourth-order valence-electron chi connectivity index (χ4n) is 4.94. The van der Waals surface area contributed by atoms with Crippen LogP contribution in [0, 0.1) is 23.7 Å². The lowest BCUT2D eigenvalue weighted by Gasteiger charge is -2.35. The molecular weight excluding hydrogens is 476 g/mol. The number of ether oxygens (including phenoxy) is 2. The number of hydrogen-bond acceptors (Lipinski definition) is 5. The Kier molecular flexibility index (Phi) is 8.69. The molecule has 1 N–H and O–H groups in total. The maximum Gasteiger partial charge on any atom is 0.308 e. The van der Waals surface area contributed by atoms with Crippen LogP contribution in [0.15, 0.2) is 48.7 Å². The van der Waals surface area contributed by atoms with E-state index in [4.69, 9.17) is 21.1 Å². The molecular formula is C29H31ClN2O4. The van der Waals surface area contributed by atoms with Gasteiger partial charge in [0.2, 0.25) is 0 Å². The van der Waals surface area contributed by atoms with Crippen molar-refractivity contribution in [3.8, 4) is 23.3 Å². The molecule has 7 heteroatoms. The zero-order valence-corrected chi connectivity index (χ0v) is 21.4. The molecule has 2 aromatic carbocycles. The van der Waals surface area contributed by atoms with Crippen molar-refractivity contribution in [2.75, 3.05) is 33.9 Å². The van der Waals surface area contributed by atoms with Crippen molar-refractivity contribution in [3.63, 3.8) is 0 Å². The molecule has 0 saturated carbocycles. The molecule has 1 fully saturated rings. The smallest absolute Gasteiger partial charge is 0.308 e.